The van der Waals surface area contributed by atoms with Crippen LogP contribution in [0, 0.1) is 17.7 Å². The summed E-state index contributed by atoms with van der Waals surface area (Å²) in [5.74, 6) is 1.69. The molecule has 0 nitrogen and oxygen atoms in total. The monoisotopic (exact) mass is 330 g/mol. The summed E-state index contributed by atoms with van der Waals surface area (Å²) in [6.45, 7) is 2.29. The molecule has 1 aromatic carbocycles. The fourth-order valence-electron chi connectivity index (χ4n) is 5.63. The molecule has 0 radical (unpaired) electrons. The quantitative estimate of drug-likeness (QED) is 0.476. The average molecular weight is 331 g/mol. The maximum absolute atomic E-state index is 14.7. The number of halogens is 1. The van der Waals surface area contributed by atoms with E-state index in [1.807, 2.05) is 12.1 Å². The van der Waals surface area contributed by atoms with E-state index in [9.17, 15) is 4.39 Å². The molecule has 0 aliphatic heterocycles. The van der Waals surface area contributed by atoms with Crippen LogP contribution in [-0.2, 0) is 5.41 Å². The van der Waals surface area contributed by atoms with E-state index in [1.165, 1.54) is 83.5 Å². The summed E-state index contributed by atoms with van der Waals surface area (Å²) in [6.07, 6.45) is 17.3. The average Bonchev–Trinajstić information content (AvgIpc) is 2.63. The molecule has 0 heterocycles. The van der Waals surface area contributed by atoms with Crippen molar-refractivity contribution < 1.29 is 4.39 Å². The maximum atomic E-state index is 14.7. The molecule has 0 bridgehead atoms. The van der Waals surface area contributed by atoms with Crippen molar-refractivity contribution in [1.29, 1.82) is 0 Å². The standard InChI is InChI=1S/C23H35F/c1-2-3-5-10-19-13-15-20(16-14-19)23(17-8-4-9-18-23)21-11-6-7-12-22(21)24/h6-7,11-12,19-20H,2-5,8-10,13-18H2,1H3. The minimum Gasteiger partial charge on any atom is -0.207 e. The van der Waals surface area contributed by atoms with Gasteiger partial charge in [0.2, 0.25) is 0 Å². The number of unbranched alkanes of at least 4 members (excludes halogenated alkanes) is 2. The molecule has 3 rings (SSSR count). The van der Waals surface area contributed by atoms with Crippen LogP contribution in [0.5, 0.6) is 0 Å². The fraction of sp³-hybridized carbons (Fsp3) is 0.739. The highest BCUT2D eigenvalue weighted by Crippen LogP contribution is 2.51. The maximum Gasteiger partial charge on any atom is 0.126 e. The van der Waals surface area contributed by atoms with Gasteiger partial charge in [0.15, 0.2) is 0 Å². The van der Waals surface area contributed by atoms with Gasteiger partial charge in [-0.3, -0.25) is 0 Å². The summed E-state index contributed by atoms with van der Waals surface area (Å²) in [5, 5.41) is 0. The molecule has 0 saturated heterocycles. The first-order valence-electron chi connectivity index (χ1n) is 10.5. The van der Waals surface area contributed by atoms with E-state index in [4.69, 9.17) is 0 Å². The highest BCUT2D eigenvalue weighted by atomic mass is 19.1. The van der Waals surface area contributed by atoms with Crippen molar-refractivity contribution in [3.05, 3.63) is 35.6 Å². The predicted molar refractivity (Wildman–Crippen MR) is 101 cm³/mol. The third-order valence-corrected chi connectivity index (χ3v) is 7.00. The van der Waals surface area contributed by atoms with Gasteiger partial charge in [-0.25, -0.2) is 4.39 Å². The molecule has 2 fully saturated rings. The van der Waals surface area contributed by atoms with E-state index in [-0.39, 0.29) is 11.2 Å². The highest BCUT2D eigenvalue weighted by Gasteiger charge is 2.43. The third-order valence-electron chi connectivity index (χ3n) is 7.00. The first-order chi connectivity index (χ1) is 11.8. The number of hydrogen-bond acceptors (Lipinski definition) is 0. The molecule has 0 unspecified atom stereocenters. The van der Waals surface area contributed by atoms with E-state index in [1.54, 1.807) is 6.07 Å². The zero-order chi connectivity index (χ0) is 16.8. The molecular formula is C23H35F. The summed E-state index contributed by atoms with van der Waals surface area (Å²) >= 11 is 0. The van der Waals surface area contributed by atoms with E-state index >= 15 is 0 Å². The van der Waals surface area contributed by atoms with Crippen LogP contribution in [0.3, 0.4) is 0 Å². The zero-order valence-electron chi connectivity index (χ0n) is 15.5. The lowest BCUT2D eigenvalue weighted by atomic mass is 9.57. The zero-order valence-corrected chi connectivity index (χ0v) is 15.5. The van der Waals surface area contributed by atoms with Crippen LogP contribution in [0.4, 0.5) is 4.39 Å². The Morgan fingerprint density at radius 2 is 1.67 bits per heavy atom. The minimum atomic E-state index is 0.0458. The molecule has 0 amide bonds. The van der Waals surface area contributed by atoms with Gasteiger partial charge in [-0.15, -0.1) is 0 Å². The lowest BCUT2D eigenvalue weighted by Gasteiger charge is -2.47. The van der Waals surface area contributed by atoms with Gasteiger partial charge >= 0.3 is 0 Å². The van der Waals surface area contributed by atoms with Gasteiger partial charge in [0.25, 0.3) is 0 Å². The summed E-state index contributed by atoms with van der Waals surface area (Å²) in [7, 11) is 0. The Morgan fingerprint density at radius 1 is 0.958 bits per heavy atom. The van der Waals surface area contributed by atoms with Crippen LogP contribution in [0.1, 0.15) is 96.0 Å². The van der Waals surface area contributed by atoms with Crippen molar-refractivity contribution in [2.75, 3.05) is 0 Å². The third kappa shape index (κ3) is 3.86. The second kappa shape index (κ2) is 8.50. The molecule has 1 heteroatoms. The van der Waals surface area contributed by atoms with E-state index in [2.05, 4.69) is 13.0 Å². The fourth-order valence-corrected chi connectivity index (χ4v) is 5.63. The molecule has 1 aromatic rings. The van der Waals surface area contributed by atoms with Crippen molar-refractivity contribution in [2.24, 2.45) is 11.8 Å². The van der Waals surface area contributed by atoms with Crippen LogP contribution in [0.15, 0.2) is 24.3 Å². The Hall–Kier alpha value is -0.850. The first-order valence-corrected chi connectivity index (χ1v) is 10.5. The summed E-state index contributed by atoms with van der Waals surface area (Å²) in [5.41, 5.74) is 1.18. The molecule has 2 aliphatic rings. The van der Waals surface area contributed by atoms with Gasteiger partial charge in [-0.05, 0) is 49.1 Å². The predicted octanol–water partition coefficient (Wildman–Crippen LogP) is 7.41. The smallest absolute Gasteiger partial charge is 0.126 e. The van der Waals surface area contributed by atoms with E-state index in [0.29, 0.717) is 5.92 Å². The van der Waals surface area contributed by atoms with E-state index < -0.39 is 0 Å². The molecule has 24 heavy (non-hydrogen) atoms. The van der Waals surface area contributed by atoms with Gasteiger partial charge in [0, 0.05) is 5.41 Å². The normalized spacial score (nSPS) is 27.1. The van der Waals surface area contributed by atoms with Gasteiger partial charge in [0.05, 0.1) is 0 Å². The van der Waals surface area contributed by atoms with Crippen LogP contribution in [0.25, 0.3) is 0 Å². The molecule has 0 aromatic heterocycles. The van der Waals surface area contributed by atoms with E-state index in [0.717, 1.165) is 11.5 Å². The molecular weight excluding hydrogens is 295 g/mol. The topological polar surface area (TPSA) is 0 Å². The van der Waals surface area contributed by atoms with Crippen molar-refractivity contribution in [2.45, 2.75) is 95.8 Å². The van der Waals surface area contributed by atoms with Gasteiger partial charge in [-0.2, -0.15) is 0 Å². The summed E-state index contributed by atoms with van der Waals surface area (Å²) in [6, 6.07) is 7.67. The Bertz CT molecular complexity index is 493. The second-order valence-corrected chi connectivity index (χ2v) is 8.41. The number of hydrogen-bond donors (Lipinski definition) is 0. The number of rotatable bonds is 6. The van der Waals surface area contributed by atoms with Crippen LogP contribution >= 0.6 is 0 Å². The molecule has 2 saturated carbocycles. The van der Waals surface area contributed by atoms with Crippen LogP contribution in [0.2, 0.25) is 0 Å². The van der Waals surface area contributed by atoms with Gasteiger partial charge < -0.3 is 0 Å². The van der Waals surface area contributed by atoms with Crippen molar-refractivity contribution in [3.63, 3.8) is 0 Å². The SMILES string of the molecule is CCCCCC1CCC(C2(c3ccccc3F)CCCCC2)CC1. The molecule has 134 valence electrons. The van der Waals surface area contributed by atoms with Crippen molar-refractivity contribution in [1.82, 2.24) is 0 Å². The van der Waals surface area contributed by atoms with Gasteiger partial charge in [0.1, 0.15) is 5.82 Å². The largest absolute Gasteiger partial charge is 0.207 e. The molecule has 0 atom stereocenters. The van der Waals surface area contributed by atoms with Crippen LogP contribution < -0.4 is 0 Å². The Kier molecular flexibility index (Phi) is 6.36. The Labute approximate surface area is 148 Å². The Balaban J connectivity index is 1.71. The summed E-state index contributed by atoms with van der Waals surface area (Å²) in [4.78, 5) is 0. The first kappa shape index (κ1) is 18.0. The number of benzene rings is 1. The van der Waals surface area contributed by atoms with Crippen molar-refractivity contribution >= 4 is 0 Å². The lowest BCUT2D eigenvalue weighted by Crippen LogP contribution is -2.40. The van der Waals surface area contributed by atoms with Gasteiger partial charge in [-0.1, -0.05) is 82.9 Å². The van der Waals surface area contributed by atoms with Crippen molar-refractivity contribution in [3.8, 4) is 0 Å². The second-order valence-electron chi connectivity index (χ2n) is 8.41. The Morgan fingerprint density at radius 3 is 2.33 bits per heavy atom. The minimum absolute atomic E-state index is 0.0458. The molecule has 2 aliphatic carbocycles. The molecule has 0 spiro atoms. The van der Waals surface area contributed by atoms with Crippen LogP contribution in [-0.4, -0.2) is 0 Å². The summed E-state index contributed by atoms with van der Waals surface area (Å²) < 4.78 is 14.7. The highest BCUT2D eigenvalue weighted by molar-refractivity contribution is 5.29. The lowest BCUT2D eigenvalue weighted by molar-refractivity contribution is 0.121. The molecule has 0 N–H and O–H groups in total.